The average molecular weight is 380 g/mol. The lowest BCUT2D eigenvalue weighted by molar-refractivity contribution is -0.384. The summed E-state index contributed by atoms with van der Waals surface area (Å²) in [5.74, 6) is -0.00279. The van der Waals surface area contributed by atoms with Crippen LogP contribution in [0.4, 0.5) is 17.1 Å². The fraction of sp³-hybridized carbons (Fsp3) is 0.300. The number of nitro benzene ring substituents is 1. The highest BCUT2D eigenvalue weighted by molar-refractivity contribution is 5.98. The van der Waals surface area contributed by atoms with E-state index in [2.05, 4.69) is 10.2 Å². The van der Waals surface area contributed by atoms with E-state index >= 15 is 0 Å². The first kappa shape index (κ1) is 18.0. The molecule has 2 aliphatic rings. The van der Waals surface area contributed by atoms with Gasteiger partial charge in [-0.3, -0.25) is 19.7 Å². The summed E-state index contributed by atoms with van der Waals surface area (Å²) in [6.07, 6.45) is 1.09. The summed E-state index contributed by atoms with van der Waals surface area (Å²) in [5, 5.41) is 13.6. The molecule has 1 fully saturated rings. The van der Waals surface area contributed by atoms with E-state index in [1.165, 1.54) is 12.1 Å². The average Bonchev–Trinajstić information content (AvgIpc) is 2.73. The van der Waals surface area contributed by atoms with Crippen LogP contribution < -0.4 is 10.2 Å². The number of nitrogens with zero attached hydrogens (tertiary/aromatic N) is 3. The van der Waals surface area contributed by atoms with Gasteiger partial charge in [-0.1, -0.05) is 0 Å². The second-order valence-electron chi connectivity index (χ2n) is 6.97. The summed E-state index contributed by atoms with van der Waals surface area (Å²) in [4.78, 5) is 38.6. The van der Waals surface area contributed by atoms with Crippen molar-refractivity contribution in [2.75, 3.05) is 36.4 Å². The minimum atomic E-state index is -0.412. The van der Waals surface area contributed by atoms with E-state index in [-0.39, 0.29) is 17.5 Å². The van der Waals surface area contributed by atoms with Gasteiger partial charge in [0.2, 0.25) is 5.91 Å². The van der Waals surface area contributed by atoms with Gasteiger partial charge in [0.25, 0.3) is 11.6 Å². The Kier molecular flexibility index (Phi) is 4.68. The number of hydrogen-bond acceptors (Lipinski definition) is 5. The van der Waals surface area contributed by atoms with Crippen LogP contribution in [0.5, 0.6) is 0 Å². The molecule has 0 radical (unpaired) electrons. The summed E-state index contributed by atoms with van der Waals surface area (Å²) in [6, 6.07) is 11.9. The lowest BCUT2D eigenvalue weighted by Gasteiger charge is -2.36. The van der Waals surface area contributed by atoms with Crippen LogP contribution in [0.15, 0.2) is 42.5 Å². The minimum Gasteiger partial charge on any atom is -0.368 e. The Labute approximate surface area is 161 Å². The number of aryl methyl sites for hydroxylation is 1. The summed E-state index contributed by atoms with van der Waals surface area (Å²) < 4.78 is 0. The molecule has 2 aromatic carbocycles. The maximum absolute atomic E-state index is 12.9. The Morgan fingerprint density at radius 1 is 1.00 bits per heavy atom. The number of fused-ring (bicyclic) bond motifs is 1. The van der Waals surface area contributed by atoms with E-state index in [4.69, 9.17) is 0 Å². The van der Waals surface area contributed by atoms with Crippen LogP contribution >= 0.6 is 0 Å². The molecule has 0 spiro atoms. The number of amides is 2. The minimum absolute atomic E-state index is 0.00828. The van der Waals surface area contributed by atoms with Gasteiger partial charge in [-0.2, -0.15) is 0 Å². The Bertz CT molecular complexity index is 934. The number of anilines is 2. The fourth-order valence-electron chi connectivity index (χ4n) is 3.65. The van der Waals surface area contributed by atoms with Gasteiger partial charge < -0.3 is 15.1 Å². The molecule has 2 aliphatic heterocycles. The van der Waals surface area contributed by atoms with Crippen LogP contribution in [0.25, 0.3) is 0 Å². The zero-order valence-electron chi connectivity index (χ0n) is 15.3. The molecule has 1 saturated heterocycles. The zero-order chi connectivity index (χ0) is 19.7. The van der Waals surface area contributed by atoms with Gasteiger partial charge in [-0.05, 0) is 42.3 Å². The van der Waals surface area contributed by atoms with E-state index < -0.39 is 4.92 Å². The highest BCUT2D eigenvalue weighted by Crippen LogP contribution is 2.25. The van der Waals surface area contributed by atoms with Gasteiger partial charge in [0.15, 0.2) is 0 Å². The van der Waals surface area contributed by atoms with Crippen molar-refractivity contribution in [3.8, 4) is 0 Å². The first-order chi connectivity index (χ1) is 13.5. The first-order valence-corrected chi connectivity index (χ1v) is 9.23. The molecular weight excluding hydrogens is 360 g/mol. The number of carbonyl (C=O) groups is 2. The topological polar surface area (TPSA) is 95.8 Å². The quantitative estimate of drug-likeness (QED) is 0.652. The lowest BCUT2D eigenvalue weighted by Crippen LogP contribution is -2.48. The standard InChI is InChI=1S/C20H20N4O4/c25-19-8-2-14-13-15(1-7-18(14)21-19)20(26)23-11-9-22(10-12-23)16-3-5-17(6-4-16)24(27)28/h1,3-7,13H,2,8-12H2,(H,21,25). The molecule has 8 heteroatoms. The number of benzene rings is 2. The molecule has 0 aromatic heterocycles. The summed E-state index contributed by atoms with van der Waals surface area (Å²) in [6.45, 7) is 2.52. The molecule has 2 aromatic rings. The van der Waals surface area contributed by atoms with Crippen molar-refractivity contribution in [3.05, 3.63) is 63.7 Å². The van der Waals surface area contributed by atoms with Crippen molar-refractivity contribution >= 4 is 28.9 Å². The van der Waals surface area contributed by atoms with Crippen molar-refractivity contribution in [2.45, 2.75) is 12.8 Å². The Morgan fingerprint density at radius 3 is 2.39 bits per heavy atom. The Hall–Kier alpha value is -3.42. The lowest BCUT2D eigenvalue weighted by atomic mass is 10.00. The maximum Gasteiger partial charge on any atom is 0.269 e. The van der Waals surface area contributed by atoms with Crippen molar-refractivity contribution in [3.63, 3.8) is 0 Å². The monoisotopic (exact) mass is 380 g/mol. The number of carbonyl (C=O) groups excluding carboxylic acids is 2. The molecule has 0 aliphatic carbocycles. The highest BCUT2D eigenvalue weighted by Gasteiger charge is 2.24. The van der Waals surface area contributed by atoms with Crippen LogP contribution in [0.3, 0.4) is 0 Å². The van der Waals surface area contributed by atoms with Crippen molar-refractivity contribution in [2.24, 2.45) is 0 Å². The molecule has 8 nitrogen and oxygen atoms in total. The van der Waals surface area contributed by atoms with Crippen LogP contribution in [0.1, 0.15) is 22.3 Å². The molecular formula is C20H20N4O4. The van der Waals surface area contributed by atoms with Gasteiger partial charge in [0.05, 0.1) is 4.92 Å². The number of non-ortho nitro benzene ring substituents is 1. The van der Waals surface area contributed by atoms with Crippen LogP contribution in [-0.2, 0) is 11.2 Å². The number of hydrogen-bond donors (Lipinski definition) is 1. The van der Waals surface area contributed by atoms with Gasteiger partial charge in [-0.15, -0.1) is 0 Å². The molecule has 4 rings (SSSR count). The van der Waals surface area contributed by atoms with Gasteiger partial charge in [-0.25, -0.2) is 0 Å². The zero-order valence-corrected chi connectivity index (χ0v) is 15.3. The van der Waals surface area contributed by atoms with Crippen LogP contribution in [0.2, 0.25) is 0 Å². The van der Waals surface area contributed by atoms with E-state index in [1.807, 2.05) is 11.0 Å². The third-order valence-corrected chi connectivity index (χ3v) is 5.24. The van der Waals surface area contributed by atoms with Gasteiger partial charge in [0.1, 0.15) is 0 Å². The third kappa shape index (κ3) is 3.53. The molecule has 144 valence electrons. The van der Waals surface area contributed by atoms with Crippen molar-refractivity contribution in [1.29, 1.82) is 0 Å². The number of nitro groups is 1. The summed E-state index contributed by atoms with van der Waals surface area (Å²) >= 11 is 0. The predicted molar refractivity (Wildman–Crippen MR) is 105 cm³/mol. The molecule has 0 atom stereocenters. The van der Waals surface area contributed by atoms with E-state index in [0.717, 1.165) is 16.9 Å². The van der Waals surface area contributed by atoms with Crippen molar-refractivity contribution in [1.82, 2.24) is 4.90 Å². The first-order valence-electron chi connectivity index (χ1n) is 9.23. The summed E-state index contributed by atoms with van der Waals surface area (Å²) in [7, 11) is 0. The second-order valence-corrected chi connectivity index (χ2v) is 6.97. The molecule has 0 unspecified atom stereocenters. The normalized spacial score (nSPS) is 16.4. The molecule has 2 heterocycles. The molecule has 0 bridgehead atoms. The van der Waals surface area contributed by atoms with E-state index in [0.29, 0.717) is 44.6 Å². The van der Waals surface area contributed by atoms with E-state index in [9.17, 15) is 19.7 Å². The number of nitrogens with one attached hydrogen (secondary N) is 1. The predicted octanol–water partition coefficient (Wildman–Crippen LogP) is 2.44. The van der Waals surface area contributed by atoms with Gasteiger partial charge in [0, 0.05) is 61.7 Å². The maximum atomic E-state index is 12.9. The smallest absolute Gasteiger partial charge is 0.269 e. The molecule has 2 amide bonds. The van der Waals surface area contributed by atoms with Gasteiger partial charge >= 0.3 is 0 Å². The number of piperazine rings is 1. The molecule has 1 N–H and O–H groups in total. The fourth-order valence-corrected chi connectivity index (χ4v) is 3.65. The SMILES string of the molecule is O=C1CCc2cc(C(=O)N3CCN(c4ccc([N+](=O)[O-])cc4)CC3)ccc2N1. The Morgan fingerprint density at radius 2 is 1.71 bits per heavy atom. The summed E-state index contributed by atoms with van der Waals surface area (Å²) in [5.41, 5.74) is 3.41. The van der Waals surface area contributed by atoms with Crippen LogP contribution in [-0.4, -0.2) is 47.8 Å². The molecule has 28 heavy (non-hydrogen) atoms. The van der Waals surface area contributed by atoms with E-state index in [1.54, 1.807) is 24.3 Å². The Balaban J connectivity index is 1.40. The number of rotatable bonds is 3. The highest BCUT2D eigenvalue weighted by atomic mass is 16.6. The molecule has 0 saturated carbocycles. The van der Waals surface area contributed by atoms with Crippen LogP contribution in [0, 0.1) is 10.1 Å². The van der Waals surface area contributed by atoms with Crippen molar-refractivity contribution < 1.29 is 14.5 Å². The third-order valence-electron chi connectivity index (χ3n) is 5.24. The second kappa shape index (κ2) is 7.30. The largest absolute Gasteiger partial charge is 0.368 e.